The maximum atomic E-state index is 12.7. The predicted octanol–water partition coefficient (Wildman–Crippen LogP) is 2.69. The zero-order chi connectivity index (χ0) is 19.7. The van der Waals surface area contributed by atoms with Crippen LogP contribution in [-0.2, 0) is 16.1 Å². The quantitative estimate of drug-likeness (QED) is 0.428. The van der Waals surface area contributed by atoms with Gasteiger partial charge in [0, 0.05) is 22.7 Å². The van der Waals surface area contributed by atoms with E-state index in [0.717, 1.165) is 10.9 Å². The normalized spacial score (nSPS) is 12.2. The van der Waals surface area contributed by atoms with Crippen LogP contribution in [0, 0.1) is 0 Å². The van der Waals surface area contributed by atoms with Crippen molar-refractivity contribution < 1.29 is 14.3 Å². The summed E-state index contributed by atoms with van der Waals surface area (Å²) in [6.07, 6.45) is 1.93. The first-order chi connectivity index (χ1) is 13.5. The molecule has 0 aliphatic carbocycles. The number of rotatable bonds is 5. The molecule has 140 valence electrons. The summed E-state index contributed by atoms with van der Waals surface area (Å²) >= 11 is 0. The Hall–Kier alpha value is -3.74. The molecule has 1 atom stereocenters. The molecule has 0 unspecified atom stereocenters. The minimum absolute atomic E-state index is 0.310. The van der Waals surface area contributed by atoms with Gasteiger partial charge in [-0.25, -0.2) is 4.98 Å². The lowest BCUT2D eigenvalue weighted by Gasteiger charge is -2.13. The fourth-order valence-corrected chi connectivity index (χ4v) is 3.14. The van der Waals surface area contributed by atoms with E-state index in [0.29, 0.717) is 16.5 Å². The van der Waals surface area contributed by atoms with Crippen molar-refractivity contribution >= 4 is 33.6 Å². The van der Waals surface area contributed by atoms with Crippen LogP contribution in [0.1, 0.15) is 17.3 Å². The van der Waals surface area contributed by atoms with Gasteiger partial charge < -0.3 is 9.72 Å². The highest BCUT2D eigenvalue weighted by Crippen LogP contribution is 2.20. The molecule has 2 aromatic carbocycles. The molecule has 0 aliphatic heterocycles. The van der Waals surface area contributed by atoms with Crippen LogP contribution in [-0.4, -0.2) is 32.4 Å². The number of nitrogens with one attached hydrogen (secondary N) is 1. The number of H-pyrrole nitrogens is 1. The van der Waals surface area contributed by atoms with Crippen molar-refractivity contribution in [3.63, 3.8) is 0 Å². The first kappa shape index (κ1) is 17.7. The third-order valence-electron chi connectivity index (χ3n) is 4.56. The third kappa shape index (κ3) is 3.18. The number of nitrogens with zero attached hydrogens (tertiary/aromatic N) is 2. The summed E-state index contributed by atoms with van der Waals surface area (Å²) in [6.45, 7) is 1.20. The van der Waals surface area contributed by atoms with Gasteiger partial charge in [0.25, 0.3) is 5.56 Å². The lowest BCUT2D eigenvalue weighted by atomic mass is 10.1. The average molecular weight is 375 g/mol. The molecule has 2 heterocycles. The second kappa shape index (κ2) is 7.11. The number of ketones is 1. The van der Waals surface area contributed by atoms with Crippen molar-refractivity contribution in [2.24, 2.45) is 0 Å². The van der Waals surface area contributed by atoms with Crippen LogP contribution in [0.25, 0.3) is 21.8 Å². The summed E-state index contributed by atoms with van der Waals surface area (Å²) < 4.78 is 6.44. The number of ether oxygens (including phenoxy) is 1. The first-order valence-corrected chi connectivity index (χ1v) is 8.78. The smallest absolute Gasteiger partial charge is 0.326 e. The van der Waals surface area contributed by atoms with Gasteiger partial charge in [0.2, 0.25) is 5.78 Å². The third-order valence-corrected chi connectivity index (χ3v) is 4.56. The van der Waals surface area contributed by atoms with Crippen molar-refractivity contribution in [2.75, 3.05) is 0 Å². The van der Waals surface area contributed by atoms with E-state index >= 15 is 0 Å². The minimum atomic E-state index is -0.976. The molecule has 7 nitrogen and oxygen atoms in total. The Balaban J connectivity index is 1.50. The highest BCUT2D eigenvalue weighted by Gasteiger charge is 2.22. The molecule has 0 amide bonds. The number of hydrogen-bond donors (Lipinski definition) is 1. The van der Waals surface area contributed by atoms with Gasteiger partial charge in [0.05, 0.1) is 17.2 Å². The Bertz CT molecular complexity index is 1260. The second-order valence-corrected chi connectivity index (χ2v) is 6.44. The van der Waals surface area contributed by atoms with Gasteiger partial charge in [0.15, 0.2) is 6.10 Å². The molecule has 4 aromatic rings. The molecule has 0 bridgehead atoms. The van der Waals surface area contributed by atoms with Crippen LogP contribution in [0.4, 0.5) is 0 Å². The van der Waals surface area contributed by atoms with Gasteiger partial charge in [0.1, 0.15) is 6.54 Å². The summed E-state index contributed by atoms with van der Waals surface area (Å²) in [5.74, 6) is -0.991. The summed E-state index contributed by atoms with van der Waals surface area (Å²) in [7, 11) is 0. The monoisotopic (exact) mass is 375 g/mol. The lowest BCUT2D eigenvalue weighted by molar-refractivity contribution is -0.147. The molecule has 0 aliphatic rings. The highest BCUT2D eigenvalue weighted by atomic mass is 16.5. The van der Waals surface area contributed by atoms with E-state index in [2.05, 4.69) is 9.97 Å². The Morgan fingerprint density at radius 3 is 2.64 bits per heavy atom. The fraction of sp³-hybridized carbons (Fsp3) is 0.143. The lowest BCUT2D eigenvalue weighted by Crippen LogP contribution is -2.30. The van der Waals surface area contributed by atoms with Crippen molar-refractivity contribution in [3.05, 3.63) is 77.0 Å². The molecule has 2 aromatic heterocycles. The molecule has 28 heavy (non-hydrogen) atoms. The molecular weight excluding hydrogens is 358 g/mol. The topological polar surface area (TPSA) is 94.1 Å². The summed E-state index contributed by atoms with van der Waals surface area (Å²) in [4.78, 5) is 44.6. The Morgan fingerprint density at radius 2 is 1.82 bits per heavy atom. The zero-order valence-electron chi connectivity index (χ0n) is 15.1. The summed E-state index contributed by atoms with van der Waals surface area (Å²) in [5.41, 5.74) is 1.51. The number of aromatic amines is 1. The minimum Gasteiger partial charge on any atom is -0.453 e. The largest absolute Gasteiger partial charge is 0.453 e. The fourth-order valence-electron chi connectivity index (χ4n) is 3.14. The van der Waals surface area contributed by atoms with E-state index < -0.39 is 12.1 Å². The molecule has 0 fully saturated rings. The van der Waals surface area contributed by atoms with Gasteiger partial charge in [-0.2, -0.15) is 0 Å². The van der Waals surface area contributed by atoms with Crippen molar-refractivity contribution in [1.29, 1.82) is 0 Å². The highest BCUT2D eigenvalue weighted by molar-refractivity contribution is 6.10. The Labute approximate surface area is 159 Å². The van der Waals surface area contributed by atoms with Gasteiger partial charge in [-0.05, 0) is 25.1 Å². The van der Waals surface area contributed by atoms with Crippen molar-refractivity contribution in [3.8, 4) is 0 Å². The average Bonchev–Trinajstić information content (AvgIpc) is 3.14. The maximum absolute atomic E-state index is 12.7. The summed E-state index contributed by atoms with van der Waals surface area (Å²) in [6, 6.07) is 14.3. The molecule has 0 saturated carbocycles. The molecule has 4 rings (SSSR count). The van der Waals surface area contributed by atoms with Gasteiger partial charge in [-0.1, -0.05) is 30.3 Å². The molecule has 0 radical (unpaired) electrons. The standard InChI is InChI=1S/C21H17N3O4/c1-13(20(26)16-10-22-17-8-4-2-6-14(16)17)28-19(25)11-24-12-23-18-9-5-3-7-15(18)21(24)27/h2-10,12-13,22H,11H2,1H3/t13-/m1/s1. The number of benzene rings is 2. The SMILES string of the molecule is C[C@@H](OC(=O)Cn1cnc2ccccc2c1=O)C(=O)c1c[nH]c2ccccc12. The molecule has 1 N–H and O–H groups in total. The van der Waals surface area contributed by atoms with Crippen LogP contribution in [0.5, 0.6) is 0 Å². The second-order valence-electron chi connectivity index (χ2n) is 6.44. The molecule has 0 saturated heterocycles. The number of esters is 1. The number of hydrogen-bond acceptors (Lipinski definition) is 5. The number of carbonyl (C=O) groups excluding carboxylic acids is 2. The van der Waals surface area contributed by atoms with E-state index in [1.54, 1.807) is 30.5 Å². The zero-order valence-corrected chi connectivity index (χ0v) is 15.1. The number of Topliss-reactive ketones (excluding diaryl/α,β-unsaturated/α-hetero) is 1. The van der Waals surface area contributed by atoms with Crippen LogP contribution in [0.2, 0.25) is 0 Å². The number of carbonyl (C=O) groups is 2. The Morgan fingerprint density at radius 1 is 1.11 bits per heavy atom. The Kier molecular flexibility index (Phi) is 4.49. The van der Waals surface area contributed by atoms with Gasteiger partial charge in [-0.15, -0.1) is 0 Å². The van der Waals surface area contributed by atoms with E-state index in [-0.39, 0.29) is 17.9 Å². The van der Waals surface area contributed by atoms with E-state index in [1.807, 2.05) is 24.3 Å². The van der Waals surface area contributed by atoms with Crippen molar-refractivity contribution in [2.45, 2.75) is 19.6 Å². The van der Waals surface area contributed by atoms with Crippen molar-refractivity contribution in [1.82, 2.24) is 14.5 Å². The van der Waals surface area contributed by atoms with Crippen LogP contribution < -0.4 is 5.56 Å². The molecule has 7 heteroatoms. The van der Waals surface area contributed by atoms with Gasteiger partial charge >= 0.3 is 5.97 Å². The summed E-state index contributed by atoms with van der Waals surface area (Å²) in [5, 5.41) is 1.19. The number of aromatic nitrogens is 3. The maximum Gasteiger partial charge on any atom is 0.326 e. The molecule has 0 spiro atoms. The van der Waals surface area contributed by atoms with Gasteiger partial charge in [-0.3, -0.25) is 19.0 Å². The van der Waals surface area contributed by atoms with E-state index in [1.165, 1.54) is 17.8 Å². The number of fused-ring (bicyclic) bond motifs is 2. The van der Waals surface area contributed by atoms with Crippen LogP contribution >= 0.6 is 0 Å². The van der Waals surface area contributed by atoms with Crippen LogP contribution in [0.3, 0.4) is 0 Å². The molecular formula is C21H17N3O4. The first-order valence-electron chi connectivity index (χ1n) is 8.78. The van der Waals surface area contributed by atoms with E-state index in [9.17, 15) is 14.4 Å². The van der Waals surface area contributed by atoms with E-state index in [4.69, 9.17) is 4.74 Å². The number of para-hydroxylation sites is 2. The van der Waals surface area contributed by atoms with Crippen LogP contribution in [0.15, 0.2) is 65.8 Å². The predicted molar refractivity (Wildman–Crippen MR) is 104 cm³/mol.